The zero-order valence-corrected chi connectivity index (χ0v) is 12.5. The van der Waals surface area contributed by atoms with E-state index in [9.17, 15) is 9.50 Å². The van der Waals surface area contributed by atoms with Gasteiger partial charge in [0.1, 0.15) is 17.3 Å². The maximum Gasteiger partial charge on any atom is 0.131 e. The molecule has 0 saturated carbocycles. The van der Waals surface area contributed by atoms with Crippen LogP contribution in [0, 0.1) is 17.1 Å². The summed E-state index contributed by atoms with van der Waals surface area (Å²) in [6.07, 6.45) is 0.826. The van der Waals surface area contributed by atoms with Crippen molar-refractivity contribution in [2.75, 3.05) is 0 Å². The number of aliphatic hydroxyl groups excluding tert-OH is 1. The summed E-state index contributed by atoms with van der Waals surface area (Å²) in [6.45, 7) is 0. The van der Waals surface area contributed by atoms with E-state index >= 15 is 0 Å². The number of nitrogens with zero attached hydrogens (tertiary/aromatic N) is 1. The Labute approximate surface area is 129 Å². The van der Waals surface area contributed by atoms with Gasteiger partial charge in [-0.1, -0.05) is 15.9 Å². The number of aliphatic hydroxyl groups is 1. The largest absolute Gasteiger partial charge is 0.457 e. The zero-order valence-electron chi connectivity index (χ0n) is 10.9. The highest BCUT2D eigenvalue weighted by atomic mass is 79.9. The van der Waals surface area contributed by atoms with E-state index in [4.69, 9.17) is 10.00 Å². The van der Waals surface area contributed by atoms with Crippen LogP contribution in [0.3, 0.4) is 0 Å². The molecule has 3 rings (SSSR count). The standard InChI is InChI=1S/C16H11BrFNO2/c17-13-2-4-15(12-1-3-14(20)16(12)13)21-11-6-9(8-19)5-10(18)7-11/h2,4-7,14,20H,1,3H2. The highest BCUT2D eigenvalue weighted by Crippen LogP contribution is 2.42. The van der Waals surface area contributed by atoms with Crippen LogP contribution in [-0.2, 0) is 6.42 Å². The van der Waals surface area contributed by atoms with Crippen molar-refractivity contribution in [3.05, 3.63) is 57.3 Å². The Bertz CT molecular complexity index is 755. The maximum atomic E-state index is 13.4. The molecule has 0 amide bonds. The Morgan fingerprint density at radius 1 is 1.33 bits per heavy atom. The molecule has 5 heteroatoms. The van der Waals surface area contributed by atoms with Crippen LogP contribution in [-0.4, -0.2) is 5.11 Å². The summed E-state index contributed by atoms with van der Waals surface area (Å²) in [7, 11) is 0. The molecule has 1 atom stereocenters. The van der Waals surface area contributed by atoms with E-state index in [-0.39, 0.29) is 11.3 Å². The molecule has 0 heterocycles. The second-order valence-electron chi connectivity index (χ2n) is 4.88. The highest BCUT2D eigenvalue weighted by Gasteiger charge is 2.26. The molecule has 1 N–H and O–H groups in total. The van der Waals surface area contributed by atoms with E-state index in [0.717, 1.165) is 21.7 Å². The molecule has 0 aliphatic heterocycles. The van der Waals surface area contributed by atoms with Crippen LogP contribution >= 0.6 is 15.9 Å². The number of hydrogen-bond acceptors (Lipinski definition) is 3. The predicted molar refractivity (Wildman–Crippen MR) is 78.6 cm³/mol. The van der Waals surface area contributed by atoms with E-state index in [0.29, 0.717) is 18.6 Å². The van der Waals surface area contributed by atoms with Crippen LogP contribution in [0.5, 0.6) is 11.5 Å². The van der Waals surface area contributed by atoms with Crippen LogP contribution in [0.2, 0.25) is 0 Å². The zero-order chi connectivity index (χ0) is 15.0. The highest BCUT2D eigenvalue weighted by molar-refractivity contribution is 9.10. The average Bonchev–Trinajstić information content (AvgIpc) is 2.84. The summed E-state index contributed by atoms with van der Waals surface area (Å²) in [6, 6.07) is 9.35. The van der Waals surface area contributed by atoms with Gasteiger partial charge in [-0.05, 0) is 37.1 Å². The Morgan fingerprint density at radius 2 is 2.14 bits per heavy atom. The third kappa shape index (κ3) is 2.65. The summed E-state index contributed by atoms with van der Waals surface area (Å²) in [4.78, 5) is 0. The fourth-order valence-electron chi connectivity index (χ4n) is 2.57. The maximum absolute atomic E-state index is 13.4. The van der Waals surface area contributed by atoms with E-state index in [1.54, 1.807) is 12.1 Å². The molecule has 2 aromatic rings. The third-order valence-corrected chi connectivity index (χ3v) is 4.18. The minimum atomic E-state index is -0.516. The first-order chi connectivity index (χ1) is 10.1. The molecule has 21 heavy (non-hydrogen) atoms. The van der Waals surface area contributed by atoms with Gasteiger partial charge in [0.2, 0.25) is 0 Å². The number of rotatable bonds is 2. The van der Waals surface area contributed by atoms with Crippen LogP contribution in [0.15, 0.2) is 34.8 Å². The number of fused-ring (bicyclic) bond motifs is 1. The van der Waals surface area contributed by atoms with Crippen molar-refractivity contribution in [2.24, 2.45) is 0 Å². The number of hydrogen-bond donors (Lipinski definition) is 1. The van der Waals surface area contributed by atoms with Crippen LogP contribution in [0.1, 0.15) is 29.2 Å². The normalized spacial score (nSPS) is 16.4. The minimum Gasteiger partial charge on any atom is -0.457 e. The molecule has 1 aliphatic rings. The Kier molecular flexibility index (Phi) is 3.66. The fraction of sp³-hybridized carbons (Fsp3) is 0.188. The van der Waals surface area contributed by atoms with Crippen molar-refractivity contribution in [1.82, 2.24) is 0 Å². The summed E-state index contributed by atoms with van der Waals surface area (Å²) in [5.74, 6) is 0.342. The Balaban J connectivity index is 2.01. The lowest BCUT2D eigenvalue weighted by Crippen LogP contribution is -1.95. The fourth-order valence-corrected chi connectivity index (χ4v) is 3.20. The summed E-state index contributed by atoms with van der Waals surface area (Å²) < 4.78 is 20.0. The molecule has 3 nitrogen and oxygen atoms in total. The molecule has 1 aliphatic carbocycles. The van der Waals surface area contributed by atoms with E-state index in [1.807, 2.05) is 6.07 Å². The van der Waals surface area contributed by atoms with Crippen LogP contribution in [0.4, 0.5) is 4.39 Å². The van der Waals surface area contributed by atoms with Gasteiger partial charge in [0.25, 0.3) is 0 Å². The van der Waals surface area contributed by atoms with Crippen molar-refractivity contribution in [2.45, 2.75) is 18.9 Å². The predicted octanol–water partition coefficient (Wildman–Crippen LogP) is 4.23. The summed E-state index contributed by atoms with van der Waals surface area (Å²) >= 11 is 3.42. The first-order valence-corrected chi connectivity index (χ1v) is 7.25. The average molecular weight is 348 g/mol. The molecule has 106 valence electrons. The first kappa shape index (κ1) is 14.1. The lowest BCUT2D eigenvalue weighted by atomic mass is 10.1. The molecule has 0 fully saturated rings. The molecule has 1 unspecified atom stereocenters. The van der Waals surface area contributed by atoms with Crippen molar-refractivity contribution in [1.29, 1.82) is 5.26 Å². The summed E-state index contributed by atoms with van der Waals surface area (Å²) in [5.41, 5.74) is 1.95. The van der Waals surface area contributed by atoms with Gasteiger partial charge in [-0.2, -0.15) is 5.26 Å². The quantitative estimate of drug-likeness (QED) is 0.884. The van der Waals surface area contributed by atoms with Gasteiger partial charge >= 0.3 is 0 Å². The van der Waals surface area contributed by atoms with Gasteiger partial charge in [0.15, 0.2) is 0 Å². The number of nitriles is 1. The van der Waals surface area contributed by atoms with Crippen molar-refractivity contribution < 1.29 is 14.2 Å². The molecule has 0 spiro atoms. The lowest BCUT2D eigenvalue weighted by Gasteiger charge is -2.13. The van der Waals surface area contributed by atoms with E-state index in [2.05, 4.69) is 15.9 Å². The van der Waals surface area contributed by atoms with Crippen LogP contribution in [0.25, 0.3) is 0 Å². The van der Waals surface area contributed by atoms with Gasteiger partial charge in [-0.25, -0.2) is 4.39 Å². The van der Waals surface area contributed by atoms with Gasteiger partial charge in [0.05, 0.1) is 17.7 Å². The second kappa shape index (κ2) is 5.47. The SMILES string of the molecule is N#Cc1cc(F)cc(Oc2ccc(Br)c3c2CCC3O)c1. The molecule has 0 bridgehead atoms. The minimum absolute atomic E-state index is 0.207. The van der Waals surface area contributed by atoms with E-state index in [1.165, 1.54) is 12.1 Å². The second-order valence-corrected chi connectivity index (χ2v) is 5.74. The van der Waals surface area contributed by atoms with Gasteiger partial charge in [0, 0.05) is 21.7 Å². The summed E-state index contributed by atoms with van der Waals surface area (Å²) in [5, 5.41) is 18.9. The molecule has 0 radical (unpaired) electrons. The topological polar surface area (TPSA) is 53.2 Å². The van der Waals surface area contributed by atoms with Gasteiger partial charge in [-0.3, -0.25) is 0 Å². The Hall–Kier alpha value is -1.90. The van der Waals surface area contributed by atoms with Crippen molar-refractivity contribution >= 4 is 15.9 Å². The molecule has 2 aromatic carbocycles. The molecule has 0 aromatic heterocycles. The Morgan fingerprint density at radius 3 is 2.90 bits per heavy atom. The van der Waals surface area contributed by atoms with E-state index < -0.39 is 11.9 Å². The smallest absolute Gasteiger partial charge is 0.131 e. The number of ether oxygens (including phenoxy) is 1. The molecule has 0 saturated heterocycles. The van der Waals surface area contributed by atoms with Crippen molar-refractivity contribution in [3.8, 4) is 17.6 Å². The number of halogens is 2. The van der Waals surface area contributed by atoms with Crippen molar-refractivity contribution in [3.63, 3.8) is 0 Å². The lowest BCUT2D eigenvalue weighted by molar-refractivity contribution is 0.179. The first-order valence-electron chi connectivity index (χ1n) is 6.46. The monoisotopic (exact) mass is 347 g/mol. The molecular weight excluding hydrogens is 337 g/mol. The molecular formula is C16H11BrFNO2. The van der Waals surface area contributed by atoms with Gasteiger partial charge in [-0.15, -0.1) is 0 Å². The van der Waals surface area contributed by atoms with Crippen LogP contribution < -0.4 is 4.74 Å². The third-order valence-electron chi connectivity index (χ3n) is 3.49. The van der Waals surface area contributed by atoms with Gasteiger partial charge < -0.3 is 9.84 Å². The number of benzene rings is 2.